The summed E-state index contributed by atoms with van der Waals surface area (Å²) in [6.45, 7) is 0. The molecule has 1 fully saturated rings. The molecular weight excluding hydrogens is 294 g/mol. The molecule has 7 heteroatoms. The van der Waals surface area contributed by atoms with Crippen molar-refractivity contribution in [1.82, 2.24) is 15.0 Å². The number of anilines is 3. The topological polar surface area (TPSA) is 103 Å². The molecule has 1 aliphatic rings. The number of nitrogen functional groups attached to an aromatic ring is 1. The third kappa shape index (κ3) is 3.56. The van der Waals surface area contributed by atoms with E-state index in [9.17, 15) is 4.79 Å². The fourth-order valence-corrected chi connectivity index (χ4v) is 2.68. The summed E-state index contributed by atoms with van der Waals surface area (Å²) in [6, 6.07) is 7.37. The lowest BCUT2D eigenvalue weighted by Crippen LogP contribution is -2.21. The second-order valence-corrected chi connectivity index (χ2v) is 5.49. The van der Waals surface area contributed by atoms with E-state index in [1.54, 1.807) is 7.11 Å². The summed E-state index contributed by atoms with van der Waals surface area (Å²) in [5, 5.41) is 3.08. The Morgan fingerprint density at radius 3 is 2.65 bits per heavy atom. The number of nitrogens with two attached hydrogens (primary N) is 1. The maximum atomic E-state index is 12.1. The molecule has 7 nitrogen and oxygen atoms in total. The van der Waals surface area contributed by atoms with Gasteiger partial charge in [-0.25, -0.2) is 0 Å². The van der Waals surface area contributed by atoms with Crippen molar-refractivity contribution in [3.8, 4) is 5.75 Å². The van der Waals surface area contributed by atoms with Crippen LogP contribution in [0.15, 0.2) is 24.3 Å². The highest BCUT2D eigenvalue weighted by Crippen LogP contribution is 2.28. The molecular formula is C16H19N5O2. The number of carbonyl (C=O) groups is 1. The van der Waals surface area contributed by atoms with Gasteiger partial charge in [0.15, 0.2) is 0 Å². The average Bonchev–Trinajstić information content (AvgIpc) is 2.55. The second-order valence-electron chi connectivity index (χ2n) is 5.49. The van der Waals surface area contributed by atoms with Crippen molar-refractivity contribution in [1.29, 1.82) is 0 Å². The van der Waals surface area contributed by atoms with Crippen LogP contribution in [-0.4, -0.2) is 27.8 Å². The zero-order chi connectivity index (χ0) is 16.2. The highest BCUT2D eigenvalue weighted by atomic mass is 16.5. The highest BCUT2D eigenvalue weighted by Gasteiger charge is 2.27. The molecule has 1 saturated carbocycles. The van der Waals surface area contributed by atoms with E-state index in [1.165, 1.54) is 0 Å². The van der Waals surface area contributed by atoms with E-state index in [2.05, 4.69) is 20.3 Å². The van der Waals surface area contributed by atoms with Crippen LogP contribution in [0.25, 0.3) is 0 Å². The predicted octanol–water partition coefficient (Wildman–Crippen LogP) is 2.43. The van der Waals surface area contributed by atoms with Gasteiger partial charge in [0.25, 0.3) is 0 Å². The molecule has 1 atom stereocenters. The lowest BCUT2D eigenvalue weighted by atomic mass is 9.87. The van der Waals surface area contributed by atoms with Gasteiger partial charge in [0.1, 0.15) is 17.4 Å². The van der Waals surface area contributed by atoms with Gasteiger partial charge in [0.2, 0.25) is 11.9 Å². The molecule has 3 N–H and O–H groups in total. The Morgan fingerprint density at radius 1 is 1.17 bits per heavy atom. The van der Waals surface area contributed by atoms with E-state index in [1.807, 2.05) is 24.3 Å². The zero-order valence-electron chi connectivity index (χ0n) is 13.0. The van der Waals surface area contributed by atoms with Crippen molar-refractivity contribution in [2.24, 2.45) is 0 Å². The van der Waals surface area contributed by atoms with Gasteiger partial charge in [-0.15, -0.1) is 0 Å². The molecule has 1 aliphatic carbocycles. The van der Waals surface area contributed by atoms with Gasteiger partial charge < -0.3 is 15.8 Å². The van der Waals surface area contributed by atoms with Crippen molar-refractivity contribution >= 4 is 23.4 Å². The number of hydrogen-bond donors (Lipinski definition) is 2. The quantitative estimate of drug-likeness (QED) is 0.893. The Balaban J connectivity index is 1.83. The van der Waals surface area contributed by atoms with Gasteiger partial charge in [-0.2, -0.15) is 15.0 Å². The van der Waals surface area contributed by atoms with Crippen LogP contribution in [0.5, 0.6) is 5.75 Å². The number of ketones is 1. The zero-order valence-corrected chi connectivity index (χ0v) is 13.0. The molecule has 0 aliphatic heterocycles. The number of benzene rings is 1. The van der Waals surface area contributed by atoms with Crippen molar-refractivity contribution in [3.63, 3.8) is 0 Å². The number of nitrogens with zero attached hydrogens (tertiary/aromatic N) is 3. The minimum absolute atomic E-state index is 0.115. The summed E-state index contributed by atoms with van der Waals surface area (Å²) in [7, 11) is 1.61. The average molecular weight is 313 g/mol. The Morgan fingerprint density at radius 2 is 1.96 bits per heavy atom. The molecule has 0 spiro atoms. The molecule has 3 rings (SSSR count). The third-order valence-electron chi connectivity index (χ3n) is 3.88. The summed E-state index contributed by atoms with van der Waals surface area (Å²) < 4.78 is 5.12. The minimum atomic E-state index is -0.273. The van der Waals surface area contributed by atoms with Gasteiger partial charge in [-0.1, -0.05) is 6.42 Å². The molecule has 1 aromatic heterocycles. The van der Waals surface area contributed by atoms with Crippen LogP contribution in [0, 0.1) is 0 Å². The van der Waals surface area contributed by atoms with E-state index < -0.39 is 0 Å². The number of rotatable bonds is 4. The van der Waals surface area contributed by atoms with Crippen molar-refractivity contribution in [2.45, 2.75) is 31.6 Å². The minimum Gasteiger partial charge on any atom is -0.497 e. The van der Waals surface area contributed by atoms with Crippen LogP contribution in [0.1, 0.15) is 37.4 Å². The second kappa shape index (κ2) is 6.60. The Labute approximate surface area is 134 Å². The van der Waals surface area contributed by atoms with E-state index in [0.717, 1.165) is 30.7 Å². The molecule has 0 bridgehead atoms. The van der Waals surface area contributed by atoms with Crippen LogP contribution >= 0.6 is 0 Å². The lowest BCUT2D eigenvalue weighted by molar-refractivity contribution is -0.122. The van der Waals surface area contributed by atoms with E-state index in [4.69, 9.17) is 10.5 Å². The van der Waals surface area contributed by atoms with Gasteiger partial charge in [0, 0.05) is 12.1 Å². The summed E-state index contributed by atoms with van der Waals surface area (Å²) in [5.41, 5.74) is 6.58. The number of carbonyl (C=O) groups excluding carboxylic acids is 1. The number of ether oxygens (including phenoxy) is 1. The number of nitrogens with one attached hydrogen (secondary N) is 1. The molecule has 0 radical (unpaired) electrons. The number of Topliss-reactive ketones (excluding diaryl/α,β-unsaturated/α-hetero) is 1. The Kier molecular flexibility index (Phi) is 4.36. The van der Waals surface area contributed by atoms with Crippen molar-refractivity contribution in [2.75, 3.05) is 18.2 Å². The van der Waals surface area contributed by atoms with Crippen LogP contribution in [0.3, 0.4) is 0 Å². The standard InChI is InChI=1S/C16H19N5O2/c1-23-11-8-6-10(7-9-11)18-16-20-14(19-15(17)21-16)12-4-2-3-5-13(12)22/h6-9,12H,2-5H2,1H3,(H3,17,18,19,20,21)/t12-/m1/s1. The lowest BCUT2D eigenvalue weighted by Gasteiger charge is -2.19. The first-order valence-electron chi connectivity index (χ1n) is 7.61. The number of aromatic nitrogens is 3. The molecule has 0 saturated heterocycles. The van der Waals surface area contributed by atoms with Gasteiger partial charge in [-0.3, -0.25) is 4.79 Å². The maximum absolute atomic E-state index is 12.1. The smallest absolute Gasteiger partial charge is 0.232 e. The maximum Gasteiger partial charge on any atom is 0.232 e. The van der Waals surface area contributed by atoms with Gasteiger partial charge in [-0.05, 0) is 37.1 Å². The fourth-order valence-electron chi connectivity index (χ4n) is 2.68. The normalized spacial score (nSPS) is 17.8. The van der Waals surface area contributed by atoms with Gasteiger partial charge >= 0.3 is 0 Å². The monoisotopic (exact) mass is 313 g/mol. The van der Waals surface area contributed by atoms with Crippen molar-refractivity contribution in [3.05, 3.63) is 30.1 Å². The molecule has 23 heavy (non-hydrogen) atoms. The van der Waals surface area contributed by atoms with Gasteiger partial charge in [0.05, 0.1) is 13.0 Å². The highest BCUT2D eigenvalue weighted by molar-refractivity contribution is 5.85. The fraction of sp³-hybridized carbons (Fsp3) is 0.375. The molecule has 0 unspecified atom stereocenters. The van der Waals surface area contributed by atoms with E-state index in [0.29, 0.717) is 18.2 Å². The van der Waals surface area contributed by atoms with E-state index >= 15 is 0 Å². The predicted molar refractivity (Wildman–Crippen MR) is 86.7 cm³/mol. The summed E-state index contributed by atoms with van der Waals surface area (Å²) in [4.78, 5) is 24.7. The van der Waals surface area contributed by atoms with Crippen molar-refractivity contribution < 1.29 is 9.53 Å². The molecule has 0 amide bonds. The largest absolute Gasteiger partial charge is 0.497 e. The Bertz CT molecular complexity index is 702. The molecule has 2 aromatic rings. The first-order chi connectivity index (χ1) is 11.2. The molecule has 120 valence electrons. The van der Waals surface area contributed by atoms with Crippen LogP contribution in [0.2, 0.25) is 0 Å². The van der Waals surface area contributed by atoms with E-state index in [-0.39, 0.29) is 17.6 Å². The molecule has 1 heterocycles. The third-order valence-corrected chi connectivity index (χ3v) is 3.88. The first kappa shape index (κ1) is 15.2. The number of methoxy groups -OCH3 is 1. The summed E-state index contributed by atoms with van der Waals surface area (Å²) in [6.07, 6.45) is 3.29. The Hall–Kier alpha value is -2.70. The van der Waals surface area contributed by atoms with Crippen LogP contribution < -0.4 is 15.8 Å². The summed E-state index contributed by atoms with van der Waals surface area (Å²) in [5.74, 6) is 1.58. The molecule has 1 aromatic carbocycles. The van der Waals surface area contributed by atoms with Crippen LogP contribution in [-0.2, 0) is 4.79 Å². The first-order valence-corrected chi connectivity index (χ1v) is 7.61. The summed E-state index contributed by atoms with van der Waals surface area (Å²) >= 11 is 0. The number of hydrogen-bond acceptors (Lipinski definition) is 7. The van der Waals surface area contributed by atoms with Crippen LogP contribution in [0.4, 0.5) is 17.6 Å². The SMILES string of the molecule is COc1ccc(Nc2nc(N)nc([C@@H]3CCCCC3=O)n2)cc1.